The van der Waals surface area contributed by atoms with Gasteiger partial charge in [0.1, 0.15) is 0 Å². The zero-order chi connectivity index (χ0) is 10.3. The highest BCUT2D eigenvalue weighted by molar-refractivity contribution is 7.89. The zero-order valence-electron chi connectivity index (χ0n) is 6.92. The van der Waals surface area contributed by atoms with Gasteiger partial charge >= 0.3 is 6.03 Å². The van der Waals surface area contributed by atoms with Crippen LogP contribution in [0.5, 0.6) is 0 Å². The van der Waals surface area contributed by atoms with E-state index in [1.165, 1.54) is 0 Å². The summed E-state index contributed by atoms with van der Waals surface area (Å²) in [6.45, 7) is 0.277. The Bertz CT molecular complexity index is 254. The molecule has 0 aromatic carbocycles. The number of hydrogen-bond donors (Lipinski definition) is 3. The molecule has 0 unspecified atom stereocenters. The number of amides is 2. The van der Waals surface area contributed by atoms with Gasteiger partial charge in [-0.3, -0.25) is 0 Å². The fourth-order valence-electron chi connectivity index (χ4n) is 0.566. The van der Waals surface area contributed by atoms with E-state index in [0.717, 1.165) is 0 Å². The summed E-state index contributed by atoms with van der Waals surface area (Å²) in [6, 6.07) is -0.684. The fraction of sp³-hybridized carbons (Fsp3) is 0.800. The van der Waals surface area contributed by atoms with Crippen molar-refractivity contribution in [2.24, 2.45) is 5.73 Å². The summed E-state index contributed by atoms with van der Waals surface area (Å²) in [5, 5.41) is 2.24. The molecule has 0 aromatic heterocycles. The molecule has 8 heteroatoms. The van der Waals surface area contributed by atoms with Crippen molar-refractivity contribution in [1.82, 2.24) is 10.0 Å². The highest BCUT2D eigenvalue weighted by atomic mass is 35.5. The van der Waals surface area contributed by atoms with Crippen LogP contribution < -0.4 is 15.8 Å². The van der Waals surface area contributed by atoms with Crippen molar-refractivity contribution in [3.63, 3.8) is 0 Å². The maximum atomic E-state index is 10.9. The third-order valence-electron chi connectivity index (χ3n) is 1.09. The molecule has 0 aliphatic carbocycles. The van der Waals surface area contributed by atoms with Gasteiger partial charge in [-0.05, 0) is 0 Å². The maximum Gasteiger partial charge on any atom is 0.312 e. The minimum absolute atomic E-state index is 0.0403. The van der Waals surface area contributed by atoms with Crippen molar-refractivity contribution < 1.29 is 13.2 Å². The molecule has 0 aliphatic heterocycles. The summed E-state index contributed by atoms with van der Waals surface area (Å²) in [6.07, 6.45) is 0. The third-order valence-corrected chi connectivity index (χ3v) is 2.89. The Hall–Kier alpha value is -0.530. The standard InChI is InChI=1S/C5H12ClN3O3S/c6-1-4-13(11,12)9-3-2-8-5(7)10/h9H,1-4H2,(H3,7,8,10). The number of carbonyl (C=O) groups excluding carboxylic acids is 1. The van der Waals surface area contributed by atoms with Gasteiger partial charge in [0.2, 0.25) is 10.0 Å². The molecule has 6 nitrogen and oxygen atoms in total. The van der Waals surface area contributed by atoms with E-state index in [9.17, 15) is 13.2 Å². The minimum Gasteiger partial charge on any atom is -0.352 e. The van der Waals surface area contributed by atoms with E-state index in [1.807, 2.05) is 0 Å². The Kier molecular flexibility index (Phi) is 5.76. The molecule has 0 fully saturated rings. The molecular formula is C5H12ClN3O3S. The number of urea groups is 1. The second-order valence-electron chi connectivity index (χ2n) is 2.19. The molecule has 0 saturated heterocycles. The van der Waals surface area contributed by atoms with Crippen molar-refractivity contribution in [2.45, 2.75) is 0 Å². The normalized spacial score (nSPS) is 11.2. The second kappa shape index (κ2) is 6.01. The van der Waals surface area contributed by atoms with Crippen LogP contribution in [-0.4, -0.2) is 39.2 Å². The highest BCUT2D eigenvalue weighted by Gasteiger charge is 2.07. The van der Waals surface area contributed by atoms with E-state index in [-0.39, 0.29) is 24.7 Å². The average molecular weight is 230 g/mol. The third kappa shape index (κ3) is 7.82. The Labute approximate surface area is 81.9 Å². The van der Waals surface area contributed by atoms with Gasteiger partial charge < -0.3 is 11.1 Å². The zero-order valence-corrected chi connectivity index (χ0v) is 8.49. The molecule has 0 atom stereocenters. The molecule has 0 heterocycles. The molecule has 0 rings (SSSR count). The van der Waals surface area contributed by atoms with Crippen LogP contribution in [0.3, 0.4) is 0 Å². The number of nitrogens with two attached hydrogens (primary N) is 1. The van der Waals surface area contributed by atoms with Gasteiger partial charge in [-0.2, -0.15) is 0 Å². The molecule has 0 aliphatic rings. The molecular weight excluding hydrogens is 218 g/mol. The molecule has 0 aromatic rings. The van der Waals surface area contributed by atoms with E-state index < -0.39 is 16.1 Å². The van der Waals surface area contributed by atoms with Crippen LogP contribution in [0.1, 0.15) is 0 Å². The van der Waals surface area contributed by atoms with Crippen LogP contribution in [0.4, 0.5) is 4.79 Å². The number of rotatable bonds is 6. The number of alkyl halides is 1. The van der Waals surface area contributed by atoms with E-state index in [2.05, 4.69) is 10.0 Å². The SMILES string of the molecule is NC(=O)NCCNS(=O)(=O)CCCl. The van der Waals surface area contributed by atoms with Crippen molar-refractivity contribution in [2.75, 3.05) is 24.7 Å². The summed E-state index contributed by atoms with van der Waals surface area (Å²) >= 11 is 5.24. The van der Waals surface area contributed by atoms with Crippen molar-refractivity contribution in [3.8, 4) is 0 Å². The summed E-state index contributed by atoms with van der Waals surface area (Å²) in [5.74, 6) is -0.0935. The van der Waals surface area contributed by atoms with Crippen LogP contribution in [0, 0.1) is 0 Å². The number of carbonyl (C=O) groups is 1. The van der Waals surface area contributed by atoms with Gasteiger partial charge in [0.25, 0.3) is 0 Å². The molecule has 0 saturated carbocycles. The smallest absolute Gasteiger partial charge is 0.312 e. The second-order valence-corrected chi connectivity index (χ2v) is 4.50. The Morgan fingerprint density at radius 2 is 2.00 bits per heavy atom. The summed E-state index contributed by atoms with van der Waals surface area (Å²) in [5.41, 5.74) is 4.75. The van der Waals surface area contributed by atoms with E-state index >= 15 is 0 Å². The number of nitrogens with one attached hydrogen (secondary N) is 2. The van der Waals surface area contributed by atoms with Gasteiger partial charge in [0.05, 0.1) is 5.75 Å². The van der Waals surface area contributed by atoms with Crippen LogP contribution >= 0.6 is 11.6 Å². The van der Waals surface area contributed by atoms with Crippen molar-refractivity contribution in [1.29, 1.82) is 0 Å². The van der Waals surface area contributed by atoms with Crippen LogP contribution in [0.2, 0.25) is 0 Å². The lowest BCUT2D eigenvalue weighted by atomic mass is 10.6. The Morgan fingerprint density at radius 1 is 1.38 bits per heavy atom. The quantitative estimate of drug-likeness (QED) is 0.394. The predicted molar refractivity (Wildman–Crippen MR) is 50.1 cm³/mol. The predicted octanol–water partition coefficient (Wildman–Crippen LogP) is -1.19. The number of halogens is 1. The fourth-order valence-corrected chi connectivity index (χ4v) is 1.94. The Morgan fingerprint density at radius 3 is 2.46 bits per heavy atom. The molecule has 4 N–H and O–H groups in total. The molecule has 13 heavy (non-hydrogen) atoms. The highest BCUT2D eigenvalue weighted by Crippen LogP contribution is 1.85. The lowest BCUT2D eigenvalue weighted by molar-refractivity contribution is 0.249. The first-order valence-corrected chi connectivity index (χ1v) is 5.73. The van der Waals surface area contributed by atoms with Gasteiger partial charge in [-0.25, -0.2) is 17.9 Å². The Balaban J connectivity index is 3.58. The average Bonchev–Trinajstić information content (AvgIpc) is 1.98. The number of sulfonamides is 1. The largest absolute Gasteiger partial charge is 0.352 e. The van der Waals surface area contributed by atoms with E-state index in [0.29, 0.717) is 0 Å². The molecule has 0 bridgehead atoms. The number of primary amides is 1. The molecule has 0 spiro atoms. The minimum atomic E-state index is -3.30. The van der Waals surface area contributed by atoms with Crippen LogP contribution in [0.15, 0.2) is 0 Å². The van der Waals surface area contributed by atoms with Gasteiger partial charge in [-0.1, -0.05) is 0 Å². The number of hydrogen-bond acceptors (Lipinski definition) is 3. The van der Waals surface area contributed by atoms with Crippen LogP contribution in [-0.2, 0) is 10.0 Å². The first-order valence-electron chi connectivity index (χ1n) is 3.54. The van der Waals surface area contributed by atoms with Crippen molar-refractivity contribution in [3.05, 3.63) is 0 Å². The van der Waals surface area contributed by atoms with Gasteiger partial charge in [0, 0.05) is 19.0 Å². The molecule has 0 radical (unpaired) electrons. The molecule has 2 amide bonds. The maximum absolute atomic E-state index is 10.9. The lowest BCUT2D eigenvalue weighted by Crippen LogP contribution is -2.38. The van der Waals surface area contributed by atoms with Gasteiger partial charge in [-0.15, -0.1) is 11.6 Å². The first kappa shape index (κ1) is 12.5. The van der Waals surface area contributed by atoms with Crippen molar-refractivity contribution >= 4 is 27.7 Å². The molecule has 78 valence electrons. The summed E-state index contributed by atoms with van der Waals surface area (Å²) < 4.78 is 24.1. The van der Waals surface area contributed by atoms with Gasteiger partial charge in [0.15, 0.2) is 0 Å². The monoisotopic (exact) mass is 229 g/mol. The summed E-state index contributed by atoms with van der Waals surface area (Å²) in [7, 11) is -3.30. The van der Waals surface area contributed by atoms with E-state index in [1.54, 1.807) is 0 Å². The topological polar surface area (TPSA) is 101 Å². The van der Waals surface area contributed by atoms with Crippen LogP contribution in [0.25, 0.3) is 0 Å². The van der Waals surface area contributed by atoms with E-state index in [4.69, 9.17) is 17.3 Å². The lowest BCUT2D eigenvalue weighted by Gasteiger charge is -2.04. The first-order chi connectivity index (χ1) is 5.98. The summed E-state index contributed by atoms with van der Waals surface area (Å²) in [4.78, 5) is 10.2.